The van der Waals surface area contributed by atoms with Crippen molar-refractivity contribution in [1.82, 2.24) is 14.8 Å². The molecule has 1 unspecified atom stereocenters. The van der Waals surface area contributed by atoms with Gasteiger partial charge in [0.2, 0.25) is 5.95 Å². The van der Waals surface area contributed by atoms with E-state index in [9.17, 15) is 13.2 Å². The predicted octanol–water partition coefficient (Wildman–Crippen LogP) is 1.36. The lowest BCUT2D eigenvalue weighted by Crippen LogP contribution is -2.26. The van der Waals surface area contributed by atoms with Crippen LogP contribution in [0.2, 0.25) is 0 Å². The van der Waals surface area contributed by atoms with Crippen molar-refractivity contribution in [2.24, 2.45) is 5.92 Å². The van der Waals surface area contributed by atoms with Crippen molar-refractivity contribution < 1.29 is 13.2 Å². The number of nitrogens with zero attached hydrogens (tertiary/aromatic N) is 3. The molecule has 0 saturated heterocycles. The van der Waals surface area contributed by atoms with Gasteiger partial charge in [0.05, 0.1) is 0 Å². The molecule has 0 aliphatic carbocycles. The molecular weight excluding hydrogens is 197 g/mol. The van der Waals surface area contributed by atoms with Crippen LogP contribution < -0.4 is 5.32 Å². The second-order valence-corrected chi connectivity index (χ2v) is 3.42. The molecule has 1 aliphatic heterocycles. The summed E-state index contributed by atoms with van der Waals surface area (Å²) in [4.78, 5) is 3.37. The number of anilines is 1. The van der Waals surface area contributed by atoms with Gasteiger partial charge >= 0.3 is 6.18 Å². The molecule has 78 valence electrons. The highest BCUT2D eigenvalue weighted by Gasteiger charge is 2.37. The van der Waals surface area contributed by atoms with E-state index >= 15 is 0 Å². The first kappa shape index (κ1) is 9.29. The number of rotatable bonds is 0. The highest BCUT2D eigenvalue weighted by molar-refractivity contribution is 5.27. The summed E-state index contributed by atoms with van der Waals surface area (Å²) in [6.07, 6.45) is -4.46. The Morgan fingerprint density at radius 1 is 1.50 bits per heavy atom. The molecule has 4 nitrogen and oxygen atoms in total. The summed E-state index contributed by atoms with van der Waals surface area (Å²) in [5.41, 5.74) is 0. The lowest BCUT2D eigenvalue weighted by molar-refractivity contribution is -0.145. The standard InChI is InChI=1S/C7H9F3N4/c1-4-2-11-6-12-5(7(8,9)10)13-14(6)3-4/h4H,2-3H2,1H3,(H,11,12,13). The van der Waals surface area contributed by atoms with Gasteiger partial charge in [-0.1, -0.05) is 6.92 Å². The summed E-state index contributed by atoms with van der Waals surface area (Å²) in [6, 6.07) is 0. The van der Waals surface area contributed by atoms with Crippen molar-refractivity contribution in [3.8, 4) is 0 Å². The Bertz CT molecular complexity index is 343. The second kappa shape index (κ2) is 2.86. The average Bonchev–Trinajstić information content (AvgIpc) is 2.45. The third kappa shape index (κ3) is 1.53. The van der Waals surface area contributed by atoms with Gasteiger partial charge in [-0.05, 0) is 5.92 Å². The van der Waals surface area contributed by atoms with Crippen molar-refractivity contribution in [2.45, 2.75) is 19.6 Å². The van der Waals surface area contributed by atoms with E-state index in [0.717, 1.165) is 0 Å². The number of fused-ring (bicyclic) bond motifs is 1. The Hall–Kier alpha value is -1.27. The zero-order valence-electron chi connectivity index (χ0n) is 7.47. The molecule has 0 radical (unpaired) electrons. The summed E-state index contributed by atoms with van der Waals surface area (Å²) in [5.74, 6) is -0.602. The monoisotopic (exact) mass is 206 g/mol. The Balaban J connectivity index is 2.32. The Morgan fingerprint density at radius 2 is 2.21 bits per heavy atom. The number of halogens is 3. The van der Waals surface area contributed by atoms with E-state index in [4.69, 9.17) is 0 Å². The van der Waals surface area contributed by atoms with Crippen LogP contribution in [-0.2, 0) is 12.7 Å². The van der Waals surface area contributed by atoms with E-state index in [-0.39, 0.29) is 11.9 Å². The molecule has 0 bridgehead atoms. The smallest absolute Gasteiger partial charge is 0.354 e. The molecule has 1 aromatic rings. The molecule has 2 heterocycles. The molecule has 7 heteroatoms. The fraction of sp³-hybridized carbons (Fsp3) is 0.714. The molecule has 1 aromatic heterocycles. The summed E-state index contributed by atoms with van der Waals surface area (Å²) in [7, 11) is 0. The molecule has 0 spiro atoms. The van der Waals surface area contributed by atoms with Crippen LogP contribution in [0.15, 0.2) is 0 Å². The van der Waals surface area contributed by atoms with Crippen LogP contribution in [0.4, 0.5) is 19.1 Å². The maximum atomic E-state index is 12.2. The highest BCUT2D eigenvalue weighted by atomic mass is 19.4. The van der Waals surface area contributed by atoms with Crippen molar-refractivity contribution in [3.63, 3.8) is 0 Å². The highest BCUT2D eigenvalue weighted by Crippen LogP contribution is 2.28. The number of nitrogens with one attached hydrogen (secondary N) is 1. The first-order valence-electron chi connectivity index (χ1n) is 4.23. The van der Waals surface area contributed by atoms with Gasteiger partial charge < -0.3 is 5.32 Å². The third-order valence-electron chi connectivity index (χ3n) is 2.02. The number of alkyl halides is 3. The Kier molecular flexibility index (Phi) is 1.90. The normalized spacial score (nSPS) is 21.6. The lowest BCUT2D eigenvalue weighted by atomic mass is 10.1. The summed E-state index contributed by atoms with van der Waals surface area (Å²) >= 11 is 0. The van der Waals surface area contributed by atoms with E-state index in [1.54, 1.807) is 0 Å². The van der Waals surface area contributed by atoms with Gasteiger partial charge in [0.15, 0.2) is 0 Å². The van der Waals surface area contributed by atoms with Crippen LogP contribution in [0.1, 0.15) is 12.7 Å². The summed E-state index contributed by atoms with van der Waals surface area (Å²) in [6.45, 7) is 3.05. The largest absolute Gasteiger partial charge is 0.453 e. The van der Waals surface area contributed by atoms with Crippen LogP contribution in [-0.4, -0.2) is 21.3 Å². The van der Waals surface area contributed by atoms with Crippen LogP contribution in [0.5, 0.6) is 0 Å². The molecule has 0 saturated carbocycles. The van der Waals surface area contributed by atoms with Crippen LogP contribution in [0, 0.1) is 5.92 Å². The zero-order chi connectivity index (χ0) is 10.3. The molecule has 14 heavy (non-hydrogen) atoms. The molecule has 0 amide bonds. The van der Waals surface area contributed by atoms with E-state index in [1.807, 2.05) is 6.92 Å². The Labute approximate surface area is 78.1 Å². The van der Waals surface area contributed by atoms with Crippen molar-refractivity contribution in [3.05, 3.63) is 5.82 Å². The van der Waals surface area contributed by atoms with Gasteiger partial charge in [-0.2, -0.15) is 18.2 Å². The van der Waals surface area contributed by atoms with E-state index in [1.165, 1.54) is 4.68 Å². The van der Waals surface area contributed by atoms with Gasteiger partial charge in [0, 0.05) is 13.1 Å². The van der Waals surface area contributed by atoms with Gasteiger partial charge in [-0.15, -0.1) is 5.10 Å². The summed E-state index contributed by atoms with van der Waals surface area (Å²) < 4.78 is 37.9. The minimum atomic E-state index is -4.46. The first-order chi connectivity index (χ1) is 6.47. The average molecular weight is 206 g/mol. The van der Waals surface area contributed by atoms with E-state index < -0.39 is 12.0 Å². The molecule has 1 aliphatic rings. The topological polar surface area (TPSA) is 42.7 Å². The van der Waals surface area contributed by atoms with Crippen LogP contribution >= 0.6 is 0 Å². The molecule has 1 atom stereocenters. The minimum Gasteiger partial charge on any atom is -0.354 e. The number of hydrogen-bond donors (Lipinski definition) is 1. The van der Waals surface area contributed by atoms with E-state index in [0.29, 0.717) is 13.1 Å². The minimum absolute atomic E-state index is 0.204. The van der Waals surface area contributed by atoms with Gasteiger partial charge in [-0.25, -0.2) is 4.68 Å². The molecule has 0 fully saturated rings. The van der Waals surface area contributed by atoms with E-state index in [2.05, 4.69) is 15.4 Å². The van der Waals surface area contributed by atoms with Crippen molar-refractivity contribution >= 4 is 5.95 Å². The predicted molar refractivity (Wildman–Crippen MR) is 42.7 cm³/mol. The maximum absolute atomic E-state index is 12.2. The first-order valence-corrected chi connectivity index (χ1v) is 4.23. The quantitative estimate of drug-likeness (QED) is 0.696. The van der Waals surface area contributed by atoms with Crippen molar-refractivity contribution in [1.29, 1.82) is 0 Å². The molecule has 2 rings (SSSR count). The fourth-order valence-electron chi connectivity index (χ4n) is 1.35. The molecular formula is C7H9F3N4. The zero-order valence-corrected chi connectivity index (χ0v) is 7.47. The SMILES string of the molecule is CC1CNc2nc(C(F)(F)F)nn2C1. The van der Waals surface area contributed by atoms with Gasteiger partial charge in [0.25, 0.3) is 5.82 Å². The lowest BCUT2D eigenvalue weighted by Gasteiger charge is -2.19. The van der Waals surface area contributed by atoms with Crippen LogP contribution in [0.25, 0.3) is 0 Å². The third-order valence-corrected chi connectivity index (χ3v) is 2.02. The molecule has 1 N–H and O–H groups in total. The fourth-order valence-corrected chi connectivity index (χ4v) is 1.35. The van der Waals surface area contributed by atoms with Gasteiger partial charge in [0.1, 0.15) is 0 Å². The maximum Gasteiger partial charge on any atom is 0.453 e. The second-order valence-electron chi connectivity index (χ2n) is 3.42. The molecule has 0 aromatic carbocycles. The van der Waals surface area contributed by atoms with Crippen LogP contribution in [0.3, 0.4) is 0 Å². The number of aromatic nitrogens is 3. The van der Waals surface area contributed by atoms with Gasteiger partial charge in [-0.3, -0.25) is 0 Å². The number of hydrogen-bond acceptors (Lipinski definition) is 3. The summed E-state index contributed by atoms with van der Waals surface area (Å²) in [5, 5.41) is 6.18. The van der Waals surface area contributed by atoms with Crippen molar-refractivity contribution in [2.75, 3.05) is 11.9 Å². The Morgan fingerprint density at radius 3 is 2.86 bits per heavy atom.